The van der Waals surface area contributed by atoms with Crippen LogP contribution in [0.2, 0.25) is 0 Å². The smallest absolute Gasteiger partial charge is 0 e. The molecule has 12 heteroatoms. The van der Waals surface area contributed by atoms with Gasteiger partial charge in [-0.1, -0.05) is 225 Å². The molecule has 0 saturated carbocycles. The zero-order valence-corrected chi connectivity index (χ0v) is 107. The Morgan fingerprint density at radius 1 is 0.158 bits per heavy atom. The summed E-state index contributed by atoms with van der Waals surface area (Å²) in [6.45, 7) is 32.0. The van der Waals surface area contributed by atoms with E-state index in [4.69, 9.17) is 0 Å². The molecule has 17 aromatic carbocycles. The fraction of sp³-hybridized carbons (Fsp3) is 0.148. The fourth-order valence-corrected chi connectivity index (χ4v) is 11.1. The van der Waals surface area contributed by atoms with Crippen molar-refractivity contribution in [2.45, 2.75) is 111 Å². The van der Waals surface area contributed by atoms with Crippen LogP contribution in [0.15, 0.2) is 303 Å². The van der Waals surface area contributed by atoms with Gasteiger partial charge in [-0.25, -0.2) is 36.4 Å². The molecule has 0 unspecified atom stereocenters. The van der Waals surface area contributed by atoms with Crippen LogP contribution in [-0.2, 0) is 393 Å². The average molecular weight is 2460 g/mol. The van der Waals surface area contributed by atoms with Crippen LogP contribution in [0.1, 0.15) is 111 Å². The summed E-state index contributed by atoms with van der Waals surface area (Å²) in [7, 11) is 0. The Labute approximate surface area is 1030 Å². The Hall–Kier alpha value is 1.29. The predicted octanol–water partition coefficient (Wildman–Crippen LogP) is 30.8. The minimum atomic E-state index is 0. The summed E-state index contributed by atoms with van der Waals surface area (Å²) in [5.41, 5.74) is 16.1. The Morgan fingerprint density at radius 3 is 0.817 bits per heavy atom. The molecule has 0 amide bonds. The van der Waals surface area contributed by atoms with Gasteiger partial charge in [0.15, 0.2) is 0 Å². The van der Waals surface area contributed by atoms with Crippen molar-refractivity contribution in [3.63, 3.8) is 0 Å². The van der Waals surface area contributed by atoms with Crippen LogP contribution in [0.3, 0.4) is 0 Å². The Bertz CT molecular complexity index is 5210. The first-order chi connectivity index (χ1) is 53.6. The van der Waals surface area contributed by atoms with Gasteiger partial charge in [-0.05, 0) is 0 Å². The van der Waals surface area contributed by atoms with Crippen molar-refractivity contribution in [1.29, 1.82) is 0 Å². The van der Waals surface area contributed by atoms with Crippen molar-refractivity contribution < 1.29 is 393 Å². The van der Waals surface area contributed by atoms with E-state index in [0.29, 0.717) is 0 Å². The summed E-state index contributed by atoms with van der Waals surface area (Å²) in [5.74, 6) is 0. The van der Waals surface area contributed by atoms with Gasteiger partial charge in [-0.15, -0.1) is 178 Å². The first-order valence-electron chi connectivity index (χ1n) is 38.3. The summed E-state index contributed by atoms with van der Waals surface area (Å²) in [6, 6.07) is 155. The Kier molecular flexibility index (Phi) is 90.8. The van der Waals surface area contributed by atoms with Gasteiger partial charge in [-0.3, -0.25) is 76.3 Å². The second-order valence-corrected chi connectivity index (χ2v) is 21.7. The molecule has 0 bridgehead atoms. The van der Waals surface area contributed by atoms with E-state index in [-0.39, 0.29) is 393 Å². The first-order valence-corrected chi connectivity index (χ1v) is 38.3. The van der Waals surface area contributed by atoms with Crippen molar-refractivity contribution in [1.82, 2.24) is 0 Å². The minimum absolute atomic E-state index is 0. The van der Waals surface area contributed by atoms with Gasteiger partial charge in [-0.2, -0.15) is 51.2 Å². The Morgan fingerprint density at radius 2 is 0.442 bits per heavy atom. The quantitative estimate of drug-likeness (QED) is 0.133. The van der Waals surface area contributed by atoms with E-state index >= 15 is 0 Å². The molecule has 12 radical (unpaired) electrons. The van der Waals surface area contributed by atoms with Crippen LogP contribution < -0.4 is 0 Å². The largest absolute Gasteiger partial charge is 0.379 e. The van der Waals surface area contributed by atoms with Crippen LogP contribution in [0.5, 0.6) is 0 Å². The zero-order valence-electron chi connectivity index (χ0n) is 72.8. The maximum absolute atomic E-state index is 3.52. The molecule has 582 valence electrons. The molecular weight excluding hydrogens is 2360 g/mol. The molecule has 0 aliphatic rings. The minimum Gasteiger partial charge on any atom is -0.379 e. The van der Waals surface area contributed by atoms with Crippen LogP contribution in [0.4, 0.5) is 0 Å². The molecule has 0 saturated heterocycles. The van der Waals surface area contributed by atoms with E-state index in [9.17, 15) is 0 Å². The van der Waals surface area contributed by atoms with E-state index in [0.717, 1.165) is 94.4 Å². The molecule has 0 aromatic heterocycles. The molecule has 0 fully saturated rings. The van der Waals surface area contributed by atoms with Gasteiger partial charge >= 0.3 is 0 Å². The predicted molar refractivity (Wildman–Crippen MR) is 469 cm³/mol. The summed E-state index contributed by atoms with van der Waals surface area (Å²) in [4.78, 5) is 0. The number of hydrogen-bond acceptors (Lipinski definition) is 0. The fourth-order valence-electron chi connectivity index (χ4n) is 11.1. The van der Waals surface area contributed by atoms with Crippen LogP contribution >= 0.6 is 0 Å². The van der Waals surface area contributed by atoms with Gasteiger partial charge < -0.3 is 87.5 Å². The van der Waals surface area contributed by atoms with Gasteiger partial charge in [0.05, 0.1) is 0 Å². The van der Waals surface area contributed by atoms with E-state index in [1.807, 2.05) is 281 Å². The summed E-state index contributed by atoms with van der Waals surface area (Å²) >= 11 is 0. The molecule has 0 aliphatic heterocycles. The van der Waals surface area contributed by atoms with Crippen LogP contribution in [-0.4, -0.2) is 0 Å². The monoisotopic (exact) mass is 2460 g/mol. The number of rotatable bonds is 8. The third-order valence-corrected chi connectivity index (χ3v) is 15.7. The maximum Gasteiger partial charge on any atom is 0 e. The molecule has 17 rings (SSSR count). The third-order valence-electron chi connectivity index (χ3n) is 15.7. The van der Waals surface area contributed by atoms with E-state index < -0.39 is 0 Å². The zero-order chi connectivity index (χ0) is 77.7. The van der Waals surface area contributed by atoms with Gasteiger partial charge in [0.25, 0.3) is 0 Å². The van der Waals surface area contributed by atoms with Gasteiger partial charge in [0.2, 0.25) is 0 Å². The van der Waals surface area contributed by atoms with E-state index in [1.54, 1.807) is 0 Å². The first kappa shape index (κ1) is 134. The number of fused-ring (bicyclic) bond motifs is 5. The van der Waals surface area contributed by atoms with Crippen molar-refractivity contribution in [3.05, 3.63) is 400 Å². The van der Waals surface area contributed by atoms with Crippen molar-refractivity contribution >= 4 is 53.9 Å². The van der Waals surface area contributed by atoms with Crippen molar-refractivity contribution in [2.75, 3.05) is 0 Å². The number of hydrogen-bond donors (Lipinski definition) is 0. The van der Waals surface area contributed by atoms with Gasteiger partial charge in [0.1, 0.15) is 0 Å². The van der Waals surface area contributed by atoms with E-state index in [2.05, 4.69) is 231 Å². The molecule has 0 nitrogen and oxygen atoms in total. The molecule has 0 atom stereocenters. The molecule has 120 heavy (non-hydrogen) atoms. The number of benzene rings is 17. The average Bonchev–Trinajstić information content (AvgIpc) is 0.800. The maximum atomic E-state index is 3.52. The van der Waals surface area contributed by atoms with Crippen LogP contribution in [0.25, 0.3) is 143 Å². The van der Waals surface area contributed by atoms with E-state index in [1.165, 1.54) is 48.5 Å². The molecule has 0 N–H and O–H groups in total. The molecule has 17 aromatic rings. The molecule has 0 spiro atoms. The standard InChI is InChI=1S/C26H14.3C22H12.8C2H6.12Y/c1-2-9-21-17-23(16-15-19(21)7-1)22-11-5-12-24(18-22)26-14-6-10-20-8-3-4-13-25(20)26;1-2-8-17(9-3-1)19-12-6-13-20(16-19)22-15-7-11-18-10-4-5-14-21(18)22;2*1-2-7-17(8-3-1)20-11-6-12-21(15-20)22-14-13-18-9-4-5-10-19(18)16-22;8*1-2;;;;;;;;;;;;/h1-11,13,15,17H;1-8,10-12,14H;1-7,9-11,13,16H;1-7,9-11,13-14H;8*1-2H3;;;;;;;;;;;;/q4*-4;;;;;;;;;;;;;;;;;;;;. The van der Waals surface area contributed by atoms with Gasteiger partial charge in [0, 0.05) is 393 Å². The summed E-state index contributed by atoms with van der Waals surface area (Å²) < 4.78 is 0. The second kappa shape index (κ2) is 81.1. The summed E-state index contributed by atoms with van der Waals surface area (Å²) in [5, 5.41) is 11.8. The van der Waals surface area contributed by atoms with Crippen molar-refractivity contribution in [2.24, 2.45) is 0 Å². The SMILES string of the molecule is CC.CC.CC.CC.CC.CC.CC.CC.[Y].[Y].[Y].[Y].[Y].[Y].[Y].[Y].[Y].[Y].[Y].[Y].[c-]1ccc(-c2[c-]cc3ccccc3c2)[c-]c1-c1[c-]ccc2ccccc12.[c-]1ccc(-c2[c-]cccc2)[c-]c1-c1[c-]c2ccccc2cc1.[c-]1ccc(-c2[c-]cccc2)[c-]c1-c1[c-]cc2ccccc2c1.[c-]1ccc(-c2[c-]cccc2)[c-]c1-c1[c-]ccc2ccccc12. The van der Waals surface area contributed by atoms with Crippen molar-refractivity contribution in [3.8, 4) is 89.0 Å². The summed E-state index contributed by atoms with van der Waals surface area (Å²) in [6.07, 6.45) is 0. The van der Waals surface area contributed by atoms with Crippen LogP contribution in [0, 0.1) is 97.1 Å². The molecular formula is C108H98Y12-16. The Balaban J connectivity index is -0.000000260. The second-order valence-electron chi connectivity index (χ2n) is 21.7. The third kappa shape index (κ3) is 42.0. The molecule has 0 heterocycles. The topological polar surface area (TPSA) is 0 Å². The molecule has 0 aliphatic carbocycles. The normalized spacial score (nSPS) is 8.70.